The van der Waals surface area contributed by atoms with Crippen molar-refractivity contribution in [3.8, 4) is 0 Å². The van der Waals surface area contributed by atoms with Crippen LogP contribution in [0.5, 0.6) is 0 Å². The number of thioether (sulfide) groups is 1. The summed E-state index contributed by atoms with van der Waals surface area (Å²) in [4.78, 5) is 24.2. The molecular weight excluding hydrogens is 198 g/mol. The Morgan fingerprint density at radius 2 is 2.00 bits per heavy atom. The van der Waals surface area contributed by atoms with Gasteiger partial charge in [-0.3, -0.25) is 9.59 Å². The summed E-state index contributed by atoms with van der Waals surface area (Å²) in [5.74, 6) is 0. The van der Waals surface area contributed by atoms with Crippen LogP contribution in [0.4, 0.5) is 4.79 Å². The summed E-state index contributed by atoms with van der Waals surface area (Å²) in [6.45, 7) is 0. The van der Waals surface area contributed by atoms with Gasteiger partial charge in [0.15, 0.2) is 6.29 Å². The number of rotatable bonds is 2. The Labute approximate surface area is 87.1 Å². The molecule has 4 heteroatoms. The maximum Gasteiger partial charge on any atom is 0.285 e. The van der Waals surface area contributed by atoms with Crippen molar-refractivity contribution in [2.75, 3.05) is 14.1 Å². The quantitative estimate of drug-likeness (QED) is 0.554. The van der Waals surface area contributed by atoms with Gasteiger partial charge in [0.05, 0.1) is 0 Å². The summed E-state index contributed by atoms with van der Waals surface area (Å²) in [5.41, 5.74) is 0.549. The van der Waals surface area contributed by atoms with Crippen LogP contribution in [0.3, 0.4) is 0 Å². The molecule has 74 valence electrons. The van der Waals surface area contributed by atoms with Gasteiger partial charge in [0, 0.05) is 24.6 Å². The highest BCUT2D eigenvalue weighted by atomic mass is 32.2. The molecule has 0 bridgehead atoms. The zero-order chi connectivity index (χ0) is 10.6. The minimum absolute atomic E-state index is 0.0840. The van der Waals surface area contributed by atoms with Gasteiger partial charge in [-0.2, -0.15) is 0 Å². The molecule has 1 aromatic carbocycles. The Morgan fingerprint density at radius 1 is 1.36 bits per heavy atom. The molecule has 0 N–H and O–H groups in total. The first-order valence-electron chi connectivity index (χ1n) is 4.08. The normalized spacial score (nSPS) is 9.57. The topological polar surface area (TPSA) is 37.4 Å². The number of carbonyl (C=O) groups is 2. The zero-order valence-electron chi connectivity index (χ0n) is 8.06. The highest BCUT2D eigenvalue weighted by molar-refractivity contribution is 8.13. The summed E-state index contributed by atoms with van der Waals surface area (Å²) in [6, 6.07) is 7.03. The average Bonchev–Trinajstić information content (AvgIpc) is 2.18. The van der Waals surface area contributed by atoms with Gasteiger partial charge in [-0.1, -0.05) is 18.2 Å². The third-order valence-electron chi connectivity index (χ3n) is 1.61. The van der Waals surface area contributed by atoms with E-state index in [-0.39, 0.29) is 5.24 Å². The van der Waals surface area contributed by atoms with Crippen molar-refractivity contribution in [1.29, 1.82) is 0 Å². The minimum atomic E-state index is -0.0840. The molecule has 0 aliphatic rings. The lowest BCUT2D eigenvalue weighted by molar-refractivity contribution is 0.112. The minimum Gasteiger partial charge on any atom is -0.339 e. The molecule has 14 heavy (non-hydrogen) atoms. The van der Waals surface area contributed by atoms with E-state index in [1.807, 2.05) is 0 Å². The first-order chi connectivity index (χ1) is 6.65. The van der Waals surface area contributed by atoms with Crippen molar-refractivity contribution in [3.63, 3.8) is 0 Å². The molecule has 0 saturated heterocycles. The summed E-state index contributed by atoms with van der Waals surface area (Å²) >= 11 is 1.06. The van der Waals surface area contributed by atoms with E-state index in [1.165, 1.54) is 4.90 Å². The number of carbonyl (C=O) groups excluding carboxylic acids is 2. The van der Waals surface area contributed by atoms with E-state index < -0.39 is 0 Å². The van der Waals surface area contributed by atoms with Crippen LogP contribution >= 0.6 is 11.8 Å². The third-order valence-corrected chi connectivity index (χ3v) is 2.74. The van der Waals surface area contributed by atoms with Gasteiger partial charge < -0.3 is 4.90 Å². The maximum atomic E-state index is 11.4. The fourth-order valence-corrected chi connectivity index (χ4v) is 1.61. The number of aldehydes is 1. The lowest BCUT2D eigenvalue weighted by atomic mass is 10.2. The molecular formula is C10H11NO2S. The molecule has 0 spiro atoms. The van der Waals surface area contributed by atoms with Crippen LogP contribution in [0.25, 0.3) is 0 Å². The molecule has 0 radical (unpaired) electrons. The Balaban J connectivity index is 2.85. The van der Waals surface area contributed by atoms with Gasteiger partial charge in [-0.05, 0) is 17.8 Å². The molecule has 0 aliphatic carbocycles. The molecule has 0 aliphatic heterocycles. The molecule has 0 heterocycles. The molecule has 1 aromatic rings. The highest BCUT2D eigenvalue weighted by Crippen LogP contribution is 2.23. The summed E-state index contributed by atoms with van der Waals surface area (Å²) in [7, 11) is 3.36. The van der Waals surface area contributed by atoms with Crippen LogP contribution in [-0.2, 0) is 0 Å². The second kappa shape index (κ2) is 4.81. The summed E-state index contributed by atoms with van der Waals surface area (Å²) < 4.78 is 0. The predicted molar refractivity (Wildman–Crippen MR) is 56.8 cm³/mol. The van der Waals surface area contributed by atoms with Crippen molar-refractivity contribution in [2.45, 2.75) is 4.90 Å². The van der Waals surface area contributed by atoms with E-state index in [1.54, 1.807) is 38.4 Å². The maximum absolute atomic E-state index is 11.4. The van der Waals surface area contributed by atoms with Crippen molar-refractivity contribution < 1.29 is 9.59 Å². The fourth-order valence-electron chi connectivity index (χ4n) is 0.856. The van der Waals surface area contributed by atoms with Crippen molar-refractivity contribution in [1.82, 2.24) is 4.90 Å². The lowest BCUT2D eigenvalue weighted by Gasteiger charge is -2.09. The lowest BCUT2D eigenvalue weighted by Crippen LogP contribution is -2.16. The number of benzene rings is 1. The van der Waals surface area contributed by atoms with Crippen molar-refractivity contribution >= 4 is 23.3 Å². The second-order valence-corrected chi connectivity index (χ2v) is 3.91. The SMILES string of the molecule is CN(C)C(=O)Sc1ccccc1C=O. The number of nitrogens with zero attached hydrogens (tertiary/aromatic N) is 1. The Morgan fingerprint density at radius 3 is 2.57 bits per heavy atom. The van der Waals surface area contributed by atoms with Gasteiger partial charge in [0.25, 0.3) is 5.24 Å². The Hall–Kier alpha value is -1.29. The standard InChI is InChI=1S/C10H11NO2S/c1-11(2)10(13)14-9-6-4-3-5-8(9)7-12/h3-7H,1-2H3. The Bertz CT molecular complexity index is 350. The van der Waals surface area contributed by atoms with E-state index in [2.05, 4.69) is 0 Å². The van der Waals surface area contributed by atoms with Crippen LogP contribution in [-0.4, -0.2) is 30.5 Å². The number of hydrogen-bond acceptors (Lipinski definition) is 3. The smallest absolute Gasteiger partial charge is 0.285 e. The summed E-state index contributed by atoms with van der Waals surface area (Å²) in [5, 5.41) is -0.0840. The van der Waals surface area contributed by atoms with Crippen LogP contribution in [0.1, 0.15) is 10.4 Å². The van der Waals surface area contributed by atoms with Crippen molar-refractivity contribution in [3.05, 3.63) is 29.8 Å². The van der Waals surface area contributed by atoms with Crippen LogP contribution in [0, 0.1) is 0 Å². The number of amides is 1. The zero-order valence-corrected chi connectivity index (χ0v) is 8.88. The molecule has 1 rings (SSSR count). The molecule has 3 nitrogen and oxygen atoms in total. The average molecular weight is 209 g/mol. The molecule has 0 saturated carbocycles. The second-order valence-electron chi connectivity index (χ2n) is 2.92. The van der Waals surface area contributed by atoms with Gasteiger partial charge >= 0.3 is 0 Å². The fraction of sp³-hybridized carbons (Fsp3) is 0.200. The van der Waals surface area contributed by atoms with E-state index in [9.17, 15) is 9.59 Å². The van der Waals surface area contributed by atoms with E-state index in [0.29, 0.717) is 10.5 Å². The first-order valence-corrected chi connectivity index (χ1v) is 4.90. The Kier molecular flexibility index (Phi) is 3.71. The van der Waals surface area contributed by atoms with Crippen LogP contribution in [0.15, 0.2) is 29.2 Å². The highest BCUT2D eigenvalue weighted by Gasteiger charge is 2.09. The van der Waals surface area contributed by atoms with Crippen LogP contribution in [0.2, 0.25) is 0 Å². The van der Waals surface area contributed by atoms with E-state index in [4.69, 9.17) is 0 Å². The van der Waals surface area contributed by atoms with Crippen LogP contribution < -0.4 is 0 Å². The van der Waals surface area contributed by atoms with E-state index in [0.717, 1.165) is 18.0 Å². The summed E-state index contributed by atoms with van der Waals surface area (Å²) in [6.07, 6.45) is 0.755. The van der Waals surface area contributed by atoms with Gasteiger partial charge in [0.1, 0.15) is 0 Å². The third kappa shape index (κ3) is 2.60. The van der Waals surface area contributed by atoms with Gasteiger partial charge in [-0.25, -0.2) is 0 Å². The van der Waals surface area contributed by atoms with Gasteiger partial charge in [0.2, 0.25) is 0 Å². The molecule has 0 unspecified atom stereocenters. The molecule has 0 fully saturated rings. The number of hydrogen-bond donors (Lipinski definition) is 0. The largest absolute Gasteiger partial charge is 0.339 e. The molecule has 0 aromatic heterocycles. The first kappa shape index (κ1) is 10.8. The monoisotopic (exact) mass is 209 g/mol. The van der Waals surface area contributed by atoms with Gasteiger partial charge in [-0.15, -0.1) is 0 Å². The predicted octanol–water partition coefficient (Wildman–Crippen LogP) is 2.27. The van der Waals surface area contributed by atoms with Crippen molar-refractivity contribution in [2.24, 2.45) is 0 Å². The van der Waals surface area contributed by atoms with E-state index >= 15 is 0 Å². The molecule has 1 amide bonds. The molecule has 0 atom stereocenters.